The number of ether oxygens (including phenoxy) is 1. The fraction of sp³-hybridized carbons (Fsp3) is 0.105. The smallest absolute Gasteiger partial charge is 0.331 e. The van der Waals surface area contributed by atoms with Crippen molar-refractivity contribution in [1.82, 2.24) is 4.98 Å². The zero-order chi connectivity index (χ0) is 23.6. The van der Waals surface area contributed by atoms with Gasteiger partial charge in [0.25, 0.3) is 15.7 Å². The number of benzene rings is 2. The number of anilines is 3. The van der Waals surface area contributed by atoms with Gasteiger partial charge in [-0.05, 0) is 30.3 Å². The molecule has 2 N–H and O–H groups in total. The summed E-state index contributed by atoms with van der Waals surface area (Å²) in [6.45, 7) is -0.441. The molecule has 0 unspecified atom stereocenters. The second kappa shape index (κ2) is 8.84. The zero-order valence-corrected chi connectivity index (χ0v) is 18.3. The number of aromatic nitrogens is 1. The molecule has 3 aromatic rings. The number of nitrogens with one attached hydrogen (secondary N) is 2. The number of non-ortho nitro benzene ring substituents is 1. The maximum atomic E-state index is 12.5. The topological polar surface area (TPSA) is 161 Å². The van der Waals surface area contributed by atoms with Crippen molar-refractivity contribution in [1.29, 1.82) is 0 Å². The molecular weight excluding hydrogens is 474 g/mol. The van der Waals surface area contributed by atoms with Gasteiger partial charge in [-0.3, -0.25) is 19.6 Å². The average molecular weight is 489 g/mol. The van der Waals surface area contributed by atoms with Gasteiger partial charge in [0.1, 0.15) is 6.54 Å². The first-order valence-corrected chi connectivity index (χ1v) is 11.6. The summed E-state index contributed by atoms with van der Waals surface area (Å²) in [6, 6.07) is 9.29. The number of sulfonamides is 1. The third kappa shape index (κ3) is 5.07. The van der Waals surface area contributed by atoms with E-state index in [1.165, 1.54) is 47.5 Å². The van der Waals surface area contributed by atoms with E-state index in [4.69, 9.17) is 4.74 Å². The van der Waals surface area contributed by atoms with E-state index in [9.17, 15) is 28.1 Å². The van der Waals surface area contributed by atoms with Crippen LogP contribution in [0, 0.1) is 10.1 Å². The van der Waals surface area contributed by atoms with Gasteiger partial charge in [0.05, 0.1) is 28.1 Å². The number of fused-ring (bicyclic) bond motifs is 1. The summed E-state index contributed by atoms with van der Waals surface area (Å²) in [7, 11) is -3.82. The van der Waals surface area contributed by atoms with Crippen LogP contribution in [0.5, 0.6) is 5.75 Å². The molecular formula is C19H15N5O7S2. The van der Waals surface area contributed by atoms with Gasteiger partial charge in [0.2, 0.25) is 5.91 Å². The number of thiazole rings is 1. The minimum absolute atomic E-state index is 0.00413. The number of nitrogens with zero attached hydrogens (tertiary/aromatic N) is 3. The molecule has 0 saturated heterocycles. The summed E-state index contributed by atoms with van der Waals surface area (Å²) >= 11 is 1.14. The minimum Gasteiger partial charge on any atom is -0.423 e. The number of nitro groups is 1. The maximum Gasteiger partial charge on any atom is 0.331 e. The molecule has 1 aliphatic heterocycles. The van der Waals surface area contributed by atoms with Gasteiger partial charge in [-0.25, -0.2) is 18.2 Å². The van der Waals surface area contributed by atoms with Crippen molar-refractivity contribution in [2.75, 3.05) is 28.0 Å². The van der Waals surface area contributed by atoms with Crippen LogP contribution in [0.4, 0.5) is 22.2 Å². The Labute approximate surface area is 191 Å². The largest absolute Gasteiger partial charge is 0.423 e. The van der Waals surface area contributed by atoms with Crippen molar-refractivity contribution in [3.63, 3.8) is 0 Å². The third-order valence-electron chi connectivity index (χ3n) is 4.48. The molecule has 1 amide bonds. The van der Waals surface area contributed by atoms with E-state index in [1.54, 1.807) is 5.38 Å². The van der Waals surface area contributed by atoms with E-state index in [0.717, 1.165) is 17.4 Å². The highest BCUT2D eigenvalue weighted by atomic mass is 32.2. The quantitative estimate of drug-likeness (QED) is 0.219. The van der Waals surface area contributed by atoms with Crippen molar-refractivity contribution in [2.45, 2.75) is 4.90 Å². The van der Waals surface area contributed by atoms with Gasteiger partial charge < -0.3 is 15.0 Å². The number of carbonyl (C=O) groups excluding carboxylic acids is 2. The van der Waals surface area contributed by atoms with E-state index in [2.05, 4.69) is 15.0 Å². The van der Waals surface area contributed by atoms with Gasteiger partial charge in [-0.2, -0.15) is 0 Å². The van der Waals surface area contributed by atoms with Crippen molar-refractivity contribution in [2.24, 2.45) is 0 Å². The molecule has 4 rings (SSSR count). The Balaban J connectivity index is 1.43. The highest BCUT2D eigenvalue weighted by molar-refractivity contribution is 7.93. The Morgan fingerprint density at radius 1 is 1.24 bits per heavy atom. The third-order valence-corrected chi connectivity index (χ3v) is 6.65. The molecule has 0 radical (unpaired) electrons. The molecule has 1 aliphatic rings. The molecule has 0 fully saturated rings. The van der Waals surface area contributed by atoms with Crippen molar-refractivity contribution in [3.05, 3.63) is 64.2 Å². The van der Waals surface area contributed by atoms with Crippen molar-refractivity contribution < 1.29 is 27.7 Å². The fourth-order valence-electron chi connectivity index (χ4n) is 3.04. The van der Waals surface area contributed by atoms with Gasteiger partial charge in [0.15, 0.2) is 10.9 Å². The van der Waals surface area contributed by atoms with Crippen molar-refractivity contribution in [3.8, 4) is 5.75 Å². The minimum atomic E-state index is -3.82. The molecule has 2 heterocycles. The van der Waals surface area contributed by atoms with E-state index in [1.807, 2.05) is 0 Å². The van der Waals surface area contributed by atoms with E-state index >= 15 is 0 Å². The monoisotopic (exact) mass is 489 g/mol. The first-order valence-electron chi connectivity index (χ1n) is 9.27. The van der Waals surface area contributed by atoms with E-state index < -0.39 is 26.8 Å². The highest BCUT2D eigenvalue weighted by Crippen LogP contribution is 2.35. The molecule has 0 aliphatic carbocycles. The Hall–Kier alpha value is -4.04. The zero-order valence-electron chi connectivity index (χ0n) is 16.6. The Morgan fingerprint density at radius 3 is 2.67 bits per heavy atom. The number of rotatable bonds is 7. The maximum absolute atomic E-state index is 12.5. The van der Waals surface area contributed by atoms with Crippen LogP contribution < -0.4 is 19.7 Å². The summed E-state index contributed by atoms with van der Waals surface area (Å²) in [4.78, 5) is 40.0. The van der Waals surface area contributed by atoms with Crippen LogP contribution in [0.3, 0.4) is 0 Å². The molecule has 0 atom stereocenters. The lowest BCUT2D eigenvalue weighted by atomic mass is 10.2. The average Bonchev–Trinajstić information content (AvgIpc) is 3.25. The van der Waals surface area contributed by atoms with Crippen LogP contribution in [-0.2, 0) is 19.6 Å². The Kier molecular flexibility index (Phi) is 5.93. The lowest BCUT2D eigenvalue weighted by molar-refractivity contribution is -0.384. The number of carbonyl (C=O) groups is 2. The number of amides is 1. The summed E-state index contributed by atoms with van der Waals surface area (Å²) < 4.78 is 32.2. The highest BCUT2D eigenvalue weighted by Gasteiger charge is 2.27. The summed E-state index contributed by atoms with van der Waals surface area (Å²) in [5, 5.41) is 15.4. The lowest BCUT2D eigenvalue weighted by Crippen LogP contribution is -2.41. The summed E-state index contributed by atoms with van der Waals surface area (Å²) in [6.07, 6.45) is 1.48. The van der Waals surface area contributed by atoms with Gasteiger partial charge in [-0.15, -0.1) is 11.3 Å². The predicted molar refractivity (Wildman–Crippen MR) is 119 cm³/mol. The SMILES string of the molecule is O=C(CN1CC(=O)Oc2cc([N+](=O)[O-])ccc21)Nc1ccc(S(=O)(=O)Nc2nccs2)cc1. The van der Waals surface area contributed by atoms with Crippen LogP contribution in [-0.4, -0.2) is 43.3 Å². The molecule has 12 nitrogen and oxygen atoms in total. The molecule has 0 saturated carbocycles. The Bertz CT molecular complexity index is 1330. The predicted octanol–water partition coefficient (Wildman–Crippen LogP) is 2.22. The standard InChI is InChI=1S/C19H15N5O7S2/c25-17(10-23-11-18(26)31-16-9-13(24(27)28)3-6-15(16)23)21-12-1-4-14(5-2-12)33(29,30)22-19-20-7-8-32-19/h1-9H,10-11H2,(H,20,22)(H,21,25). The first kappa shape index (κ1) is 22.2. The van der Waals surface area contributed by atoms with E-state index in [0.29, 0.717) is 11.4 Å². The van der Waals surface area contributed by atoms with Gasteiger partial charge in [0, 0.05) is 23.3 Å². The molecule has 14 heteroatoms. The van der Waals surface area contributed by atoms with Crippen molar-refractivity contribution >= 4 is 55.4 Å². The fourth-order valence-corrected chi connectivity index (χ4v) is 4.82. The second-order valence-electron chi connectivity index (χ2n) is 6.75. The van der Waals surface area contributed by atoms with Crippen LogP contribution in [0.25, 0.3) is 0 Å². The number of hydrogen-bond donors (Lipinski definition) is 2. The van der Waals surface area contributed by atoms with Gasteiger partial charge in [-0.1, -0.05) is 0 Å². The molecule has 0 bridgehead atoms. The Morgan fingerprint density at radius 2 is 2.00 bits per heavy atom. The summed E-state index contributed by atoms with van der Waals surface area (Å²) in [5.74, 6) is -1.14. The molecule has 33 heavy (non-hydrogen) atoms. The normalized spacial score (nSPS) is 13.1. The first-order chi connectivity index (χ1) is 15.7. The number of esters is 1. The van der Waals surface area contributed by atoms with Crippen LogP contribution in [0.15, 0.2) is 58.9 Å². The van der Waals surface area contributed by atoms with Crippen LogP contribution >= 0.6 is 11.3 Å². The van der Waals surface area contributed by atoms with Gasteiger partial charge >= 0.3 is 5.97 Å². The number of hydrogen-bond acceptors (Lipinski definition) is 10. The molecule has 1 aromatic heterocycles. The molecule has 2 aromatic carbocycles. The molecule has 170 valence electrons. The van der Waals surface area contributed by atoms with Crippen LogP contribution in [0.1, 0.15) is 0 Å². The lowest BCUT2D eigenvalue weighted by Gasteiger charge is -2.28. The second-order valence-corrected chi connectivity index (χ2v) is 9.33. The van der Waals surface area contributed by atoms with E-state index in [-0.39, 0.29) is 34.6 Å². The summed E-state index contributed by atoms with van der Waals surface area (Å²) in [5.41, 5.74) is 0.467. The number of nitro benzene ring substituents is 1. The molecule has 0 spiro atoms. The van der Waals surface area contributed by atoms with Crippen LogP contribution in [0.2, 0.25) is 0 Å².